The molecule has 0 fully saturated rings. The highest BCUT2D eigenvalue weighted by molar-refractivity contribution is 5.71. The van der Waals surface area contributed by atoms with Gasteiger partial charge in [-0.15, -0.1) is 0 Å². The van der Waals surface area contributed by atoms with Gasteiger partial charge in [0.05, 0.1) is 0 Å². The van der Waals surface area contributed by atoms with Crippen LogP contribution in [-0.2, 0) is 28.6 Å². The fourth-order valence-electron chi connectivity index (χ4n) is 10.0. The van der Waals surface area contributed by atoms with E-state index < -0.39 is 6.10 Å². The number of rotatable bonds is 63. The van der Waals surface area contributed by atoms with Gasteiger partial charge in [-0.1, -0.05) is 299 Å². The summed E-state index contributed by atoms with van der Waals surface area (Å²) in [5, 5.41) is 0. The summed E-state index contributed by atoms with van der Waals surface area (Å²) in [7, 11) is 0. The van der Waals surface area contributed by atoms with Crippen LogP contribution in [0.4, 0.5) is 0 Å². The van der Waals surface area contributed by atoms with E-state index >= 15 is 0 Å². The number of ether oxygens (including phenoxy) is 3. The number of esters is 3. The average Bonchev–Trinajstić information content (AvgIpc) is 3.45. The van der Waals surface area contributed by atoms with Gasteiger partial charge >= 0.3 is 17.9 Å². The molecule has 458 valence electrons. The number of carbonyl (C=O) groups excluding carboxylic acids is 3. The van der Waals surface area contributed by atoms with Crippen molar-refractivity contribution in [2.45, 2.75) is 361 Å². The van der Waals surface area contributed by atoms with E-state index in [1.54, 1.807) is 0 Å². The highest BCUT2D eigenvalue weighted by Crippen LogP contribution is 2.17. The zero-order chi connectivity index (χ0) is 57.1. The fraction of sp³-hybridized carbons (Fsp3) is 0.795. The lowest BCUT2D eigenvalue weighted by atomic mass is 10.0. The van der Waals surface area contributed by atoms with Crippen molar-refractivity contribution in [3.8, 4) is 0 Å². The first-order chi connectivity index (χ1) is 39.0. The second kappa shape index (κ2) is 67.4. The minimum atomic E-state index is -0.787. The van der Waals surface area contributed by atoms with Crippen LogP contribution in [0.1, 0.15) is 355 Å². The third-order valence-electron chi connectivity index (χ3n) is 15.2. The zero-order valence-electron chi connectivity index (χ0n) is 52.6. The van der Waals surface area contributed by atoms with Crippen LogP contribution in [0.25, 0.3) is 0 Å². The largest absolute Gasteiger partial charge is 0.462 e. The molecule has 0 rings (SSSR count). The normalized spacial score (nSPS) is 12.5. The Labute approximate surface area is 491 Å². The van der Waals surface area contributed by atoms with E-state index in [4.69, 9.17) is 14.2 Å². The molecule has 79 heavy (non-hydrogen) atoms. The Morgan fingerprint density at radius 1 is 0.266 bits per heavy atom. The summed E-state index contributed by atoms with van der Waals surface area (Å²) < 4.78 is 16.9. The minimum absolute atomic E-state index is 0.0815. The van der Waals surface area contributed by atoms with Gasteiger partial charge in [0.2, 0.25) is 0 Å². The molecule has 0 heterocycles. The minimum Gasteiger partial charge on any atom is -0.462 e. The number of carbonyl (C=O) groups is 3. The van der Waals surface area contributed by atoms with Crippen LogP contribution < -0.4 is 0 Å². The second-order valence-electron chi connectivity index (χ2n) is 23.1. The van der Waals surface area contributed by atoms with Crippen molar-refractivity contribution >= 4 is 17.9 Å². The van der Waals surface area contributed by atoms with Gasteiger partial charge in [-0.2, -0.15) is 0 Å². The Morgan fingerprint density at radius 3 is 0.810 bits per heavy atom. The van der Waals surface area contributed by atoms with Gasteiger partial charge in [0.25, 0.3) is 0 Å². The van der Waals surface area contributed by atoms with Crippen LogP contribution in [0.5, 0.6) is 0 Å². The molecule has 0 spiro atoms. The highest BCUT2D eigenvalue weighted by Gasteiger charge is 2.19. The van der Waals surface area contributed by atoms with E-state index in [0.717, 1.165) is 103 Å². The molecule has 0 amide bonds. The van der Waals surface area contributed by atoms with Gasteiger partial charge < -0.3 is 14.2 Å². The van der Waals surface area contributed by atoms with Crippen molar-refractivity contribution in [1.82, 2.24) is 0 Å². The predicted octanol–water partition coefficient (Wildman–Crippen LogP) is 23.7. The standard InChI is InChI=1S/C73H130O6/c1-4-7-10-13-16-19-22-25-28-30-31-32-33-34-35-36-37-38-39-40-41-43-45-48-51-54-57-60-63-66-72(75)78-69-70(68-77-71(74)65-62-59-56-53-50-47-44-27-24-21-18-15-12-9-6-3)79-73(76)67-64-61-58-55-52-49-46-42-29-26-23-20-17-14-11-8-5-2/h8,11,17-18,20-21,26-27,29-31,44,70H,4-7,9-10,12-16,19,22-25,28,32-43,45-69H2,1-3H3/b11-8-,20-17-,21-18-,29-26-,31-30-,44-27-. The summed E-state index contributed by atoms with van der Waals surface area (Å²) in [4.78, 5) is 38.4. The quantitative estimate of drug-likeness (QED) is 0.0261. The molecule has 0 aromatic carbocycles. The molecule has 0 aliphatic rings. The summed E-state index contributed by atoms with van der Waals surface area (Å²) in [5.74, 6) is -0.888. The maximum Gasteiger partial charge on any atom is 0.306 e. The Morgan fingerprint density at radius 2 is 0.494 bits per heavy atom. The van der Waals surface area contributed by atoms with Gasteiger partial charge in [-0.3, -0.25) is 14.4 Å². The van der Waals surface area contributed by atoms with E-state index in [2.05, 4.69) is 93.7 Å². The molecule has 0 N–H and O–H groups in total. The number of hydrogen-bond acceptors (Lipinski definition) is 6. The lowest BCUT2D eigenvalue weighted by Crippen LogP contribution is -2.30. The van der Waals surface area contributed by atoms with E-state index in [-0.39, 0.29) is 31.1 Å². The molecule has 0 radical (unpaired) electrons. The number of unbranched alkanes of at least 4 members (excludes halogenated alkanes) is 40. The molecule has 0 aliphatic carbocycles. The van der Waals surface area contributed by atoms with Crippen LogP contribution in [0.15, 0.2) is 72.9 Å². The summed E-state index contributed by atoms with van der Waals surface area (Å²) in [6, 6.07) is 0. The monoisotopic (exact) mass is 1100 g/mol. The van der Waals surface area contributed by atoms with Crippen LogP contribution >= 0.6 is 0 Å². The molecule has 0 aromatic rings. The first kappa shape index (κ1) is 75.8. The summed E-state index contributed by atoms with van der Waals surface area (Å²) in [6.45, 7) is 6.53. The fourth-order valence-corrected chi connectivity index (χ4v) is 10.0. The molecule has 6 nitrogen and oxygen atoms in total. The Balaban J connectivity index is 4.24. The van der Waals surface area contributed by atoms with Crippen molar-refractivity contribution in [3.05, 3.63) is 72.9 Å². The molecular weight excluding hydrogens is 973 g/mol. The predicted molar refractivity (Wildman–Crippen MR) is 344 cm³/mol. The number of allylic oxidation sites excluding steroid dienone is 12. The Kier molecular flexibility index (Phi) is 64.7. The van der Waals surface area contributed by atoms with Crippen molar-refractivity contribution < 1.29 is 28.6 Å². The zero-order valence-corrected chi connectivity index (χ0v) is 52.6. The topological polar surface area (TPSA) is 78.9 Å². The van der Waals surface area contributed by atoms with Crippen LogP contribution in [0, 0.1) is 0 Å². The van der Waals surface area contributed by atoms with E-state index in [1.165, 1.54) is 212 Å². The maximum absolute atomic E-state index is 12.9. The third-order valence-corrected chi connectivity index (χ3v) is 15.2. The highest BCUT2D eigenvalue weighted by atomic mass is 16.6. The Bertz CT molecular complexity index is 1450. The summed E-state index contributed by atoms with van der Waals surface area (Å²) in [5.41, 5.74) is 0. The molecule has 0 aliphatic heterocycles. The molecule has 0 bridgehead atoms. The Hall–Kier alpha value is -3.15. The molecule has 1 unspecified atom stereocenters. The van der Waals surface area contributed by atoms with E-state index in [9.17, 15) is 14.4 Å². The van der Waals surface area contributed by atoms with Crippen molar-refractivity contribution in [1.29, 1.82) is 0 Å². The third kappa shape index (κ3) is 65.5. The SMILES string of the molecule is CC/C=C\C/C=C\C/C=C\CCCCCCCCCC(=O)OC(COC(=O)CCCCCCC/C=C\C/C=C\CCCCC)COC(=O)CCCCCCCCCCCCCCCCCCC/C=C\CCCCCCCCCC. The summed E-state index contributed by atoms with van der Waals surface area (Å²) >= 11 is 0. The molecular formula is C73H130O6. The van der Waals surface area contributed by atoms with Gasteiger partial charge in [-0.05, 0) is 109 Å². The molecule has 0 saturated heterocycles. The molecule has 6 heteroatoms. The van der Waals surface area contributed by atoms with Crippen molar-refractivity contribution in [3.63, 3.8) is 0 Å². The van der Waals surface area contributed by atoms with Crippen molar-refractivity contribution in [2.75, 3.05) is 13.2 Å². The molecule has 0 saturated carbocycles. The lowest BCUT2D eigenvalue weighted by Gasteiger charge is -2.18. The van der Waals surface area contributed by atoms with E-state index in [1.807, 2.05) is 0 Å². The first-order valence-electron chi connectivity index (χ1n) is 34.4. The summed E-state index contributed by atoms with van der Waals surface area (Å²) in [6.07, 6.45) is 87.9. The average molecular weight is 1100 g/mol. The van der Waals surface area contributed by atoms with E-state index in [0.29, 0.717) is 19.3 Å². The van der Waals surface area contributed by atoms with Crippen molar-refractivity contribution in [2.24, 2.45) is 0 Å². The lowest BCUT2D eigenvalue weighted by molar-refractivity contribution is -0.167. The maximum atomic E-state index is 12.9. The molecule has 0 aromatic heterocycles. The second-order valence-corrected chi connectivity index (χ2v) is 23.1. The molecule has 1 atom stereocenters. The first-order valence-corrected chi connectivity index (χ1v) is 34.4. The van der Waals surface area contributed by atoms with Crippen LogP contribution in [-0.4, -0.2) is 37.2 Å². The van der Waals surface area contributed by atoms with Gasteiger partial charge in [0.15, 0.2) is 6.10 Å². The number of hydrogen-bond donors (Lipinski definition) is 0. The van der Waals surface area contributed by atoms with Gasteiger partial charge in [0.1, 0.15) is 13.2 Å². The van der Waals surface area contributed by atoms with Gasteiger partial charge in [-0.25, -0.2) is 0 Å². The van der Waals surface area contributed by atoms with Crippen LogP contribution in [0.2, 0.25) is 0 Å². The smallest absolute Gasteiger partial charge is 0.306 e. The van der Waals surface area contributed by atoms with Gasteiger partial charge in [0, 0.05) is 19.3 Å². The van der Waals surface area contributed by atoms with Crippen LogP contribution in [0.3, 0.4) is 0 Å².